The molecule has 1 aromatic rings. The highest BCUT2D eigenvalue weighted by Gasteiger charge is 2.05. The summed E-state index contributed by atoms with van der Waals surface area (Å²) in [5.41, 5.74) is 4.98. The minimum Gasteiger partial charge on any atom is -0.369 e. The molecule has 13 heavy (non-hydrogen) atoms. The van der Waals surface area contributed by atoms with Crippen molar-refractivity contribution in [2.45, 2.75) is 5.03 Å². The predicted octanol–water partition coefficient (Wildman–Crippen LogP) is 1.47. The summed E-state index contributed by atoms with van der Waals surface area (Å²) in [4.78, 5) is 18.1. The van der Waals surface area contributed by atoms with Crippen molar-refractivity contribution in [1.29, 1.82) is 0 Å². The maximum absolute atomic E-state index is 10.5. The predicted molar refractivity (Wildman–Crippen MR) is 54.7 cm³/mol. The Morgan fingerprint density at radius 3 is 3.08 bits per heavy atom. The van der Waals surface area contributed by atoms with Crippen LogP contribution in [-0.4, -0.2) is 21.6 Å². The molecule has 0 spiro atoms. The summed E-state index contributed by atoms with van der Waals surface area (Å²) < 4.78 is 0.697. The van der Waals surface area contributed by atoms with Crippen molar-refractivity contribution in [2.75, 3.05) is 5.75 Å². The molecular formula is C6H5BrClN3OS. The van der Waals surface area contributed by atoms with Crippen LogP contribution in [0.5, 0.6) is 0 Å². The molecule has 2 N–H and O–H groups in total. The van der Waals surface area contributed by atoms with E-state index < -0.39 is 5.91 Å². The molecule has 1 aromatic heterocycles. The number of carbonyl (C=O) groups is 1. The van der Waals surface area contributed by atoms with Gasteiger partial charge in [0.15, 0.2) is 0 Å². The van der Waals surface area contributed by atoms with Gasteiger partial charge in [0.05, 0.1) is 10.2 Å². The van der Waals surface area contributed by atoms with Gasteiger partial charge in [0.2, 0.25) is 11.2 Å². The Hall–Kier alpha value is -0.330. The summed E-state index contributed by atoms with van der Waals surface area (Å²) in [6, 6.07) is 0. The highest BCUT2D eigenvalue weighted by atomic mass is 79.9. The fraction of sp³-hybridized carbons (Fsp3) is 0.167. The van der Waals surface area contributed by atoms with Gasteiger partial charge in [-0.15, -0.1) is 0 Å². The van der Waals surface area contributed by atoms with Crippen LogP contribution in [0.1, 0.15) is 0 Å². The monoisotopic (exact) mass is 281 g/mol. The van der Waals surface area contributed by atoms with Gasteiger partial charge in [-0.05, 0) is 27.5 Å². The molecular weight excluding hydrogens is 278 g/mol. The summed E-state index contributed by atoms with van der Waals surface area (Å²) in [6.07, 6.45) is 1.53. The van der Waals surface area contributed by atoms with Crippen LogP contribution < -0.4 is 5.73 Å². The standard InChI is InChI=1S/C6H5BrClN3OS/c7-3-1-10-6(8)11-5(3)13-2-4(9)12/h1H,2H2,(H2,9,12). The molecule has 0 aromatic carbocycles. The number of carbonyl (C=O) groups excluding carboxylic acids is 1. The van der Waals surface area contributed by atoms with E-state index in [0.717, 1.165) is 0 Å². The normalized spacial score (nSPS) is 10.0. The molecule has 0 radical (unpaired) electrons. The van der Waals surface area contributed by atoms with E-state index in [0.29, 0.717) is 9.50 Å². The Morgan fingerprint density at radius 1 is 1.77 bits per heavy atom. The van der Waals surface area contributed by atoms with Gasteiger partial charge in [0, 0.05) is 6.20 Å². The SMILES string of the molecule is NC(=O)CSc1nc(Cl)ncc1Br. The van der Waals surface area contributed by atoms with E-state index in [4.69, 9.17) is 17.3 Å². The zero-order valence-electron chi connectivity index (χ0n) is 6.33. The molecule has 0 fully saturated rings. The average molecular weight is 283 g/mol. The lowest BCUT2D eigenvalue weighted by molar-refractivity contribution is -0.115. The molecule has 0 unspecified atom stereocenters. The van der Waals surface area contributed by atoms with Crippen molar-refractivity contribution >= 4 is 45.2 Å². The maximum atomic E-state index is 10.5. The van der Waals surface area contributed by atoms with E-state index in [2.05, 4.69) is 25.9 Å². The van der Waals surface area contributed by atoms with Crippen LogP contribution in [0.2, 0.25) is 5.28 Å². The first kappa shape index (κ1) is 10.7. The summed E-state index contributed by atoms with van der Waals surface area (Å²) in [5.74, 6) is -0.224. The fourth-order valence-corrected chi connectivity index (χ4v) is 1.91. The van der Waals surface area contributed by atoms with Crippen LogP contribution in [-0.2, 0) is 4.79 Å². The number of amides is 1. The zero-order valence-corrected chi connectivity index (χ0v) is 9.49. The third kappa shape index (κ3) is 3.50. The highest BCUT2D eigenvalue weighted by Crippen LogP contribution is 2.25. The molecule has 0 aliphatic carbocycles. The van der Waals surface area contributed by atoms with Crippen LogP contribution in [0, 0.1) is 0 Å². The summed E-state index contributed by atoms with van der Waals surface area (Å²) in [5, 5.41) is 0.758. The molecule has 1 heterocycles. The van der Waals surface area contributed by atoms with E-state index in [1.165, 1.54) is 18.0 Å². The van der Waals surface area contributed by atoms with Gasteiger partial charge in [-0.2, -0.15) is 0 Å². The third-order valence-electron chi connectivity index (χ3n) is 1.03. The van der Waals surface area contributed by atoms with Crippen LogP contribution in [0.25, 0.3) is 0 Å². The summed E-state index contributed by atoms with van der Waals surface area (Å²) in [6.45, 7) is 0. The van der Waals surface area contributed by atoms with Gasteiger partial charge < -0.3 is 5.73 Å². The van der Waals surface area contributed by atoms with Gasteiger partial charge in [-0.3, -0.25) is 4.79 Å². The largest absolute Gasteiger partial charge is 0.369 e. The van der Waals surface area contributed by atoms with Gasteiger partial charge in [0.1, 0.15) is 5.03 Å². The van der Waals surface area contributed by atoms with E-state index >= 15 is 0 Å². The fourth-order valence-electron chi connectivity index (χ4n) is 0.572. The Labute approximate surface area is 92.4 Å². The minimum absolute atomic E-state index is 0.148. The topological polar surface area (TPSA) is 68.9 Å². The van der Waals surface area contributed by atoms with Crippen molar-refractivity contribution < 1.29 is 4.79 Å². The minimum atomic E-state index is -0.397. The third-order valence-corrected chi connectivity index (χ3v) is 3.07. The first-order chi connectivity index (χ1) is 6.09. The number of hydrogen-bond donors (Lipinski definition) is 1. The van der Waals surface area contributed by atoms with E-state index in [9.17, 15) is 4.79 Å². The van der Waals surface area contributed by atoms with Crippen LogP contribution >= 0.6 is 39.3 Å². The van der Waals surface area contributed by atoms with E-state index in [1.54, 1.807) is 0 Å². The number of aromatic nitrogens is 2. The Morgan fingerprint density at radius 2 is 2.46 bits per heavy atom. The molecule has 4 nitrogen and oxygen atoms in total. The van der Waals surface area contributed by atoms with Gasteiger partial charge in [-0.25, -0.2) is 9.97 Å². The molecule has 0 saturated heterocycles. The Kier molecular flexibility index (Phi) is 3.95. The number of thioether (sulfide) groups is 1. The molecule has 0 aliphatic heterocycles. The van der Waals surface area contributed by atoms with Crippen LogP contribution in [0.15, 0.2) is 15.7 Å². The van der Waals surface area contributed by atoms with Crippen LogP contribution in [0.3, 0.4) is 0 Å². The van der Waals surface area contributed by atoms with Crippen LogP contribution in [0.4, 0.5) is 0 Å². The first-order valence-corrected chi connectivity index (χ1v) is 5.34. The van der Waals surface area contributed by atoms with Crippen molar-refractivity contribution in [2.24, 2.45) is 5.73 Å². The highest BCUT2D eigenvalue weighted by molar-refractivity contribution is 9.10. The van der Waals surface area contributed by atoms with E-state index in [-0.39, 0.29) is 11.0 Å². The maximum Gasteiger partial charge on any atom is 0.227 e. The lowest BCUT2D eigenvalue weighted by Gasteiger charge is -2.00. The smallest absolute Gasteiger partial charge is 0.227 e. The molecule has 0 saturated carbocycles. The quantitative estimate of drug-likeness (QED) is 0.518. The molecule has 0 aliphatic rings. The first-order valence-electron chi connectivity index (χ1n) is 3.18. The number of nitrogens with zero attached hydrogens (tertiary/aromatic N) is 2. The number of halogens is 2. The van der Waals surface area contributed by atoms with Crippen molar-refractivity contribution in [3.8, 4) is 0 Å². The average Bonchev–Trinajstić information content (AvgIpc) is 2.06. The Bertz CT molecular complexity index is 336. The molecule has 0 atom stereocenters. The second kappa shape index (κ2) is 4.78. The second-order valence-corrected chi connectivity index (χ2v) is 4.20. The Balaban J connectivity index is 2.75. The van der Waals surface area contributed by atoms with Crippen molar-refractivity contribution in [3.05, 3.63) is 16.0 Å². The van der Waals surface area contributed by atoms with Gasteiger partial charge in [0.25, 0.3) is 0 Å². The number of rotatable bonds is 3. The summed E-state index contributed by atoms with van der Waals surface area (Å²) in [7, 11) is 0. The molecule has 0 bridgehead atoms. The number of nitrogens with two attached hydrogens (primary N) is 1. The van der Waals surface area contributed by atoms with Crippen molar-refractivity contribution in [3.63, 3.8) is 0 Å². The van der Waals surface area contributed by atoms with Crippen molar-refractivity contribution in [1.82, 2.24) is 9.97 Å². The second-order valence-electron chi connectivity index (χ2n) is 2.05. The molecule has 7 heteroatoms. The molecule has 1 rings (SSSR count). The van der Waals surface area contributed by atoms with Gasteiger partial charge >= 0.3 is 0 Å². The summed E-state index contributed by atoms with van der Waals surface area (Å²) >= 11 is 10.00. The van der Waals surface area contributed by atoms with E-state index in [1.807, 2.05) is 0 Å². The van der Waals surface area contributed by atoms with Gasteiger partial charge in [-0.1, -0.05) is 11.8 Å². The lowest BCUT2D eigenvalue weighted by Crippen LogP contribution is -2.13. The molecule has 1 amide bonds. The number of primary amides is 1. The zero-order chi connectivity index (χ0) is 9.84. The lowest BCUT2D eigenvalue weighted by atomic mass is 10.7. The molecule has 70 valence electrons. The number of hydrogen-bond acceptors (Lipinski definition) is 4.